The predicted molar refractivity (Wildman–Crippen MR) is 75.7 cm³/mol. The molecule has 1 atom stereocenters. The van der Waals surface area contributed by atoms with E-state index in [0.29, 0.717) is 6.54 Å². The monoisotopic (exact) mass is 282 g/mol. The molecule has 0 radical (unpaired) electrons. The van der Waals surface area contributed by atoms with Gasteiger partial charge in [-0.2, -0.15) is 0 Å². The normalized spacial score (nSPS) is 32.5. The maximum absolute atomic E-state index is 12.2. The van der Waals surface area contributed by atoms with Gasteiger partial charge >= 0.3 is 6.09 Å². The summed E-state index contributed by atoms with van der Waals surface area (Å²) in [4.78, 5) is 14.1. The summed E-state index contributed by atoms with van der Waals surface area (Å²) in [6, 6.07) is 0. The molecule has 3 rings (SSSR count). The number of nitrogens with zero attached hydrogens (tertiary/aromatic N) is 1. The van der Waals surface area contributed by atoms with E-state index >= 15 is 0 Å². The molecule has 1 saturated carbocycles. The van der Waals surface area contributed by atoms with Crippen molar-refractivity contribution in [1.82, 2.24) is 10.2 Å². The number of rotatable bonds is 0. The van der Waals surface area contributed by atoms with Crippen LogP contribution in [0.15, 0.2) is 0 Å². The maximum atomic E-state index is 12.2. The lowest BCUT2D eigenvalue weighted by molar-refractivity contribution is -0.156. The van der Waals surface area contributed by atoms with Crippen LogP contribution in [0.25, 0.3) is 0 Å². The summed E-state index contributed by atoms with van der Waals surface area (Å²) in [6.45, 7) is 8.94. The fraction of sp³-hybridized carbons (Fsp3) is 0.933. The number of likely N-dealkylation sites (tertiary alicyclic amines) is 1. The highest BCUT2D eigenvalue weighted by molar-refractivity contribution is 5.68. The van der Waals surface area contributed by atoms with E-state index in [-0.39, 0.29) is 17.3 Å². The molecule has 0 aromatic heterocycles. The van der Waals surface area contributed by atoms with Gasteiger partial charge < -0.3 is 19.7 Å². The molecule has 5 nitrogen and oxygen atoms in total. The minimum Gasteiger partial charge on any atom is -0.444 e. The SMILES string of the molecule is CC(C)(C)OC(=O)N1CCCC2(CNCC3(CC3)O2)C1. The highest BCUT2D eigenvalue weighted by Crippen LogP contribution is 2.46. The predicted octanol–water partition coefficient (Wildman–Crippen LogP) is 1.91. The molecule has 1 N–H and O–H groups in total. The Labute approximate surface area is 121 Å². The van der Waals surface area contributed by atoms with Crippen LogP contribution in [0.2, 0.25) is 0 Å². The minimum atomic E-state index is -0.439. The molecule has 1 aliphatic carbocycles. The lowest BCUT2D eigenvalue weighted by atomic mass is 9.90. The Morgan fingerprint density at radius 2 is 1.90 bits per heavy atom. The van der Waals surface area contributed by atoms with Crippen molar-refractivity contribution >= 4 is 6.09 Å². The smallest absolute Gasteiger partial charge is 0.410 e. The standard InChI is InChI=1S/C15H26N2O3/c1-13(2,3)19-12(18)17-8-4-5-15(11-17)10-16-9-14(20-15)6-7-14/h16H,4-11H2,1-3H3. The van der Waals surface area contributed by atoms with E-state index in [4.69, 9.17) is 9.47 Å². The molecule has 2 spiro atoms. The van der Waals surface area contributed by atoms with Gasteiger partial charge in [0.2, 0.25) is 0 Å². The Morgan fingerprint density at radius 3 is 2.55 bits per heavy atom. The van der Waals surface area contributed by atoms with Crippen LogP contribution >= 0.6 is 0 Å². The Hall–Kier alpha value is -0.810. The van der Waals surface area contributed by atoms with Crippen molar-refractivity contribution in [2.24, 2.45) is 0 Å². The third-order valence-electron chi connectivity index (χ3n) is 4.33. The molecule has 0 bridgehead atoms. The first kappa shape index (κ1) is 14.1. The van der Waals surface area contributed by atoms with Crippen molar-refractivity contribution < 1.29 is 14.3 Å². The molecule has 2 aliphatic heterocycles. The second kappa shape index (κ2) is 4.60. The summed E-state index contributed by atoms with van der Waals surface area (Å²) >= 11 is 0. The van der Waals surface area contributed by atoms with Gasteiger partial charge in [0, 0.05) is 19.6 Å². The molecule has 3 aliphatic rings. The number of piperidine rings is 1. The third kappa shape index (κ3) is 2.93. The van der Waals surface area contributed by atoms with Crippen molar-refractivity contribution in [3.05, 3.63) is 0 Å². The first-order valence-corrected chi connectivity index (χ1v) is 7.71. The Kier molecular flexibility index (Phi) is 3.25. The van der Waals surface area contributed by atoms with Crippen LogP contribution in [0.4, 0.5) is 4.79 Å². The van der Waals surface area contributed by atoms with Gasteiger partial charge in [-0.1, -0.05) is 0 Å². The molecule has 5 heteroatoms. The lowest BCUT2D eigenvalue weighted by Gasteiger charge is -2.47. The number of amides is 1. The summed E-state index contributed by atoms with van der Waals surface area (Å²) in [7, 11) is 0. The van der Waals surface area contributed by atoms with Gasteiger partial charge in [0.25, 0.3) is 0 Å². The summed E-state index contributed by atoms with van der Waals surface area (Å²) < 4.78 is 11.9. The van der Waals surface area contributed by atoms with Crippen molar-refractivity contribution in [2.75, 3.05) is 26.2 Å². The zero-order valence-corrected chi connectivity index (χ0v) is 12.8. The number of hydrogen-bond acceptors (Lipinski definition) is 4. The molecule has 3 fully saturated rings. The highest BCUT2D eigenvalue weighted by atomic mass is 16.6. The average molecular weight is 282 g/mol. The van der Waals surface area contributed by atoms with Gasteiger partial charge in [0.15, 0.2) is 0 Å². The summed E-state index contributed by atoms with van der Waals surface area (Å²) in [5.41, 5.74) is -0.579. The minimum absolute atomic E-state index is 0.0647. The van der Waals surface area contributed by atoms with Gasteiger partial charge in [-0.3, -0.25) is 0 Å². The van der Waals surface area contributed by atoms with Gasteiger partial charge in [-0.25, -0.2) is 4.79 Å². The molecule has 1 amide bonds. The largest absolute Gasteiger partial charge is 0.444 e. The third-order valence-corrected chi connectivity index (χ3v) is 4.33. The second-order valence-corrected chi connectivity index (χ2v) is 7.58. The fourth-order valence-corrected chi connectivity index (χ4v) is 3.28. The van der Waals surface area contributed by atoms with Crippen molar-refractivity contribution in [2.45, 2.75) is 63.3 Å². The quantitative estimate of drug-likeness (QED) is 0.737. The molecule has 0 aromatic rings. The summed E-state index contributed by atoms with van der Waals surface area (Å²) in [6.07, 6.45) is 4.09. The molecule has 2 heterocycles. The van der Waals surface area contributed by atoms with Crippen LogP contribution in [0.5, 0.6) is 0 Å². The molecule has 1 unspecified atom stereocenters. The van der Waals surface area contributed by atoms with E-state index in [1.165, 1.54) is 0 Å². The van der Waals surface area contributed by atoms with E-state index in [9.17, 15) is 4.79 Å². The van der Waals surface area contributed by atoms with Crippen molar-refractivity contribution in [3.8, 4) is 0 Å². The van der Waals surface area contributed by atoms with Crippen LogP contribution in [-0.4, -0.2) is 54.0 Å². The van der Waals surface area contributed by atoms with Gasteiger partial charge in [0.1, 0.15) is 5.60 Å². The van der Waals surface area contributed by atoms with Crippen molar-refractivity contribution in [3.63, 3.8) is 0 Å². The number of carbonyl (C=O) groups excluding carboxylic acids is 1. The Bertz CT molecular complexity index is 396. The molecule has 114 valence electrons. The van der Waals surface area contributed by atoms with Crippen LogP contribution in [0.1, 0.15) is 46.5 Å². The van der Waals surface area contributed by atoms with E-state index in [2.05, 4.69) is 5.32 Å². The first-order valence-electron chi connectivity index (χ1n) is 7.71. The Balaban J connectivity index is 1.65. The van der Waals surface area contributed by atoms with Gasteiger partial charge in [0.05, 0.1) is 17.7 Å². The molecular weight excluding hydrogens is 256 g/mol. The Morgan fingerprint density at radius 1 is 1.20 bits per heavy atom. The number of carbonyl (C=O) groups is 1. The fourth-order valence-electron chi connectivity index (χ4n) is 3.28. The maximum Gasteiger partial charge on any atom is 0.410 e. The molecule has 20 heavy (non-hydrogen) atoms. The molecule has 0 aromatic carbocycles. The molecule has 2 saturated heterocycles. The van der Waals surface area contributed by atoms with Crippen molar-refractivity contribution in [1.29, 1.82) is 0 Å². The topological polar surface area (TPSA) is 50.8 Å². The first-order chi connectivity index (χ1) is 9.32. The average Bonchev–Trinajstić information content (AvgIpc) is 3.06. The number of morpholine rings is 1. The van der Waals surface area contributed by atoms with E-state index in [1.807, 2.05) is 25.7 Å². The van der Waals surface area contributed by atoms with Crippen LogP contribution in [0, 0.1) is 0 Å². The van der Waals surface area contributed by atoms with Crippen LogP contribution < -0.4 is 5.32 Å². The highest BCUT2D eigenvalue weighted by Gasteiger charge is 2.54. The van der Waals surface area contributed by atoms with Crippen LogP contribution in [0.3, 0.4) is 0 Å². The number of ether oxygens (including phenoxy) is 2. The zero-order valence-electron chi connectivity index (χ0n) is 12.8. The van der Waals surface area contributed by atoms with Gasteiger partial charge in [-0.15, -0.1) is 0 Å². The summed E-state index contributed by atoms with van der Waals surface area (Å²) in [5, 5.41) is 3.50. The summed E-state index contributed by atoms with van der Waals surface area (Å²) in [5.74, 6) is 0. The van der Waals surface area contributed by atoms with E-state index in [1.54, 1.807) is 0 Å². The molecular formula is C15H26N2O3. The number of nitrogens with one attached hydrogen (secondary N) is 1. The number of hydrogen-bond donors (Lipinski definition) is 1. The lowest BCUT2D eigenvalue weighted by Crippen LogP contribution is -2.63. The van der Waals surface area contributed by atoms with E-state index in [0.717, 1.165) is 45.3 Å². The zero-order chi connectivity index (χ0) is 14.4. The van der Waals surface area contributed by atoms with E-state index < -0.39 is 5.60 Å². The second-order valence-electron chi connectivity index (χ2n) is 7.58. The van der Waals surface area contributed by atoms with Crippen LogP contribution in [-0.2, 0) is 9.47 Å². The van der Waals surface area contributed by atoms with Gasteiger partial charge in [-0.05, 0) is 46.5 Å².